The van der Waals surface area contributed by atoms with E-state index in [-0.39, 0.29) is 23.8 Å². The number of hydrogen-bond donors (Lipinski definition) is 2. The number of halogens is 1. The van der Waals surface area contributed by atoms with Gasteiger partial charge in [0, 0.05) is 44.7 Å². The number of aromatic amines is 1. The van der Waals surface area contributed by atoms with Crippen LogP contribution in [0, 0.1) is 10.5 Å². The Balaban J connectivity index is 1.49. The number of nitrogens with one attached hydrogen (secondary N) is 2. The molecule has 1 aliphatic rings. The zero-order valence-electron chi connectivity index (χ0n) is 18.2. The Morgan fingerprint density at radius 1 is 1.27 bits per heavy atom. The van der Waals surface area contributed by atoms with Crippen LogP contribution in [0.2, 0.25) is 0 Å². The summed E-state index contributed by atoms with van der Waals surface area (Å²) in [5, 5.41) is 3.12. The van der Waals surface area contributed by atoms with E-state index in [9.17, 15) is 18.8 Å². The van der Waals surface area contributed by atoms with Crippen molar-refractivity contribution in [2.24, 2.45) is 0 Å². The maximum absolute atomic E-state index is 14.3. The number of rotatable bonds is 5. The number of anilines is 1. The van der Waals surface area contributed by atoms with Gasteiger partial charge < -0.3 is 20.1 Å². The fourth-order valence-electron chi connectivity index (χ4n) is 3.89. The Hall–Kier alpha value is -3.60. The maximum atomic E-state index is 14.3. The minimum Gasteiger partial charge on any atom is -0.359 e. The summed E-state index contributed by atoms with van der Waals surface area (Å²) >= 11 is 5.42. The summed E-state index contributed by atoms with van der Waals surface area (Å²) in [6, 6.07) is 6.81. The van der Waals surface area contributed by atoms with Crippen LogP contribution >= 0.6 is 12.2 Å². The molecule has 2 N–H and O–H groups in total. The van der Waals surface area contributed by atoms with E-state index in [0.717, 1.165) is 10.9 Å². The van der Waals surface area contributed by atoms with Crippen LogP contribution in [0.1, 0.15) is 23.0 Å². The van der Waals surface area contributed by atoms with E-state index in [1.165, 1.54) is 23.9 Å². The largest absolute Gasteiger partial charge is 0.359 e. The molecule has 11 heteroatoms. The minimum atomic E-state index is -0.739. The van der Waals surface area contributed by atoms with Gasteiger partial charge in [-0.2, -0.15) is 0 Å². The van der Waals surface area contributed by atoms with Gasteiger partial charge >= 0.3 is 5.69 Å². The van der Waals surface area contributed by atoms with E-state index < -0.39 is 11.7 Å². The second-order valence-corrected chi connectivity index (χ2v) is 8.09. The van der Waals surface area contributed by atoms with Crippen molar-refractivity contribution in [3.63, 3.8) is 0 Å². The Morgan fingerprint density at radius 3 is 2.73 bits per heavy atom. The molecule has 172 valence electrons. The van der Waals surface area contributed by atoms with Gasteiger partial charge in [-0.05, 0) is 24.6 Å². The topological polar surface area (TPSA) is 103 Å². The molecule has 0 unspecified atom stereocenters. The normalized spacial score (nSPS) is 14.1. The van der Waals surface area contributed by atoms with Crippen molar-refractivity contribution >= 4 is 40.6 Å². The van der Waals surface area contributed by atoms with E-state index in [2.05, 4.69) is 15.3 Å². The predicted octanol–water partition coefficient (Wildman–Crippen LogP) is 1.82. The SMILES string of the molecule is CCn1c(=O)[nH]c2cc(CN3CCN(c4cnc(C(=O)NC)c(F)c4)CC3=O)ccc2c1=S. The molecule has 0 atom stereocenters. The predicted molar refractivity (Wildman–Crippen MR) is 124 cm³/mol. The van der Waals surface area contributed by atoms with E-state index in [0.29, 0.717) is 42.0 Å². The van der Waals surface area contributed by atoms with Crippen LogP contribution in [-0.2, 0) is 17.9 Å². The van der Waals surface area contributed by atoms with Crippen molar-refractivity contribution in [1.82, 2.24) is 24.8 Å². The summed E-state index contributed by atoms with van der Waals surface area (Å²) in [5.74, 6) is -1.46. The number of aromatic nitrogens is 3. The molecule has 2 aromatic heterocycles. The van der Waals surface area contributed by atoms with Crippen LogP contribution in [-0.4, -0.2) is 57.9 Å². The van der Waals surface area contributed by atoms with Gasteiger partial charge in [0.1, 0.15) is 4.64 Å². The number of nitrogens with zero attached hydrogens (tertiary/aromatic N) is 4. The lowest BCUT2D eigenvalue weighted by Crippen LogP contribution is -2.50. The summed E-state index contributed by atoms with van der Waals surface area (Å²) < 4.78 is 16.2. The molecule has 0 bridgehead atoms. The highest BCUT2D eigenvalue weighted by molar-refractivity contribution is 7.71. The number of benzene rings is 1. The second-order valence-electron chi connectivity index (χ2n) is 7.70. The van der Waals surface area contributed by atoms with Crippen LogP contribution in [0.3, 0.4) is 0 Å². The van der Waals surface area contributed by atoms with Crippen molar-refractivity contribution in [3.8, 4) is 0 Å². The number of fused-ring (bicyclic) bond motifs is 1. The number of hydrogen-bond acceptors (Lipinski definition) is 6. The molecule has 1 fully saturated rings. The Kier molecular flexibility index (Phi) is 6.23. The number of piperazine rings is 1. The second kappa shape index (κ2) is 9.10. The molecule has 9 nitrogen and oxygen atoms in total. The van der Waals surface area contributed by atoms with Gasteiger partial charge in [-0.15, -0.1) is 0 Å². The molecule has 3 aromatic rings. The van der Waals surface area contributed by atoms with Crippen LogP contribution in [0.4, 0.5) is 10.1 Å². The van der Waals surface area contributed by atoms with Gasteiger partial charge in [-0.25, -0.2) is 14.2 Å². The van der Waals surface area contributed by atoms with Crippen molar-refractivity contribution in [2.45, 2.75) is 20.0 Å². The monoisotopic (exact) mass is 470 g/mol. The molecule has 33 heavy (non-hydrogen) atoms. The number of carbonyl (C=O) groups excluding carboxylic acids is 2. The zero-order chi connectivity index (χ0) is 23.7. The smallest absolute Gasteiger partial charge is 0.326 e. The summed E-state index contributed by atoms with van der Waals surface area (Å²) in [6.45, 7) is 3.71. The lowest BCUT2D eigenvalue weighted by Gasteiger charge is -2.35. The highest BCUT2D eigenvalue weighted by atomic mass is 32.1. The van der Waals surface area contributed by atoms with Crippen molar-refractivity contribution in [2.75, 3.05) is 31.6 Å². The van der Waals surface area contributed by atoms with Crippen molar-refractivity contribution in [3.05, 3.63) is 62.7 Å². The van der Waals surface area contributed by atoms with Crippen LogP contribution in [0.5, 0.6) is 0 Å². The van der Waals surface area contributed by atoms with E-state index in [4.69, 9.17) is 12.2 Å². The van der Waals surface area contributed by atoms with Crippen LogP contribution < -0.4 is 15.9 Å². The number of pyridine rings is 1. The third-order valence-corrected chi connectivity index (χ3v) is 6.13. The zero-order valence-corrected chi connectivity index (χ0v) is 19.0. The summed E-state index contributed by atoms with van der Waals surface area (Å²) in [6.07, 6.45) is 1.39. The first-order valence-corrected chi connectivity index (χ1v) is 10.9. The van der Waals surface area contributed by atoms with Gasteiger partial charge in [-0.3, -0.25) is 14.2 Å². The third kappa shape index (κ3) is 4.36. The standard InChI is InChI=1S/C22H23FN6O3S/c1-3-29-21(33)15-5-4-13(8-17(15)26-22(29)32)11-28-7-6-27(12-18(28)30)14-9-16(23)19(25-10-14)20(31)24-2/h4-5,8-10H,3,6-7,11-12H2,1-2H3,(H,24,31)(H,26,32). The summed E-state index contributed by atoms with van der Waals surface area (Å²) in [4.78, 5) is 46.8. The Labute approximate surface area is 193 Å². The highest BCUT2D eigenvalue weighted by Crippen LogP contribution is 2.21. The molecular formula is C22H23FN6O3S. The first-order chi connectivity index (χ1) is 15.8. The van der Waals surface area contributed by atoms with Crippen molar-refractivity contribution in [1.29, 1.82) is 0 Å². The van der Waals surface area contributed by atoms with Gasteiger partial charge in [-0.1, -0.05) is 18.3 Å². The van der Waals surface area contributed by atoms with E-state index >= 15 is 0 Å². The number of H-pyrrole nitrogens is 1. The molecule has 0 spiro atoms. The molecule has 0 saturated carbocycles. The van der Waals surface area contributed by atoms with Gasteiger partial charge in [0.2, 0.25) is 5.91 Å². The lowest BCUT2D eigenvalue weighted by molar-refractivity contribution is -0.131. The van der Waals surface area contributed by atoms with E-state index in [1.54, 1.807) is 9.80 Å². The fourth-order valence-corrected chi connectivity index (χ4v) is 4.28. The Bertz CT molecular complexity index is 1370. The molecule has 1 saturated heterocycles. The average molecular weight is 471 g/mol. The molecule has 0 aliphatic carbocycles. The quantitative estimate of drug-likeness (QED) is 0.552. The molecule has 0 radical (unpaired) electrons. The molecule has 4 rings (SSSR count). The number of carbonyl (C=O) groups is 2. The fraction of sp³-hybridized carbons (Fsp3) is 0.318. The maximum Gasteiger partial charge on any atom is 0.326 e. The van der Waals surface area contributed by atoms with Gasteiger partial charge in [0.15, 0.2) is 11.5 Å². The third-order valence-electron chi connectivity index (χ3n) is 5.69. The molecule has 1 aliphatic heterocycles. The molecule has 1 aromatic carbocycles. The lowest BCUT2D eigenvalue weighted by atomic mass is 10.1. The van der Waals surface area contributed by atoms with Crippen LogP contribution in [0.15, 0.2) is 35.3 Å². The van der Waals surface area contributed by atoms with Gasteiger partial charge in [0.05, 0.1) is 23.9 Å². The summed E-state index contributed by atoms with van der Waals surface area (Å²) in [7, 11) is 1.40. The Morgan fingerprint density at radius 2 is 2.06 bits per heavy atom. The minimum absolute atomic E-state index is 0.0671. The summed E-state index contributed by atoms with van der Waals surface area (Å²) in [5.41, 5.74) is 1.40. The molecule has 3 heterocycles. The highest BCUT2D eigenvalue weighted by Gasteiger charge is 2.25. The number of amides is 2. The molecule has 2 amide bonds. The van der Waals surface area contributed by atoms with Gasteiger partial charge in [0.25, 0.3) is 5.91 Å². The average Bonchev–Trinajstić information content (AvgIpc) is 2.80. The first-order valence-electron chi connectivity index (χ1n) is 10.5. The first kappa shape index (κ1) is 22.6. The van der Waals surface area contributed by atoms with E-state index in [1.807, 2.05) is 25.1 Å². The molecular weight excluding hydrogens is 447 g/mol. The van der Waals surface area contributed by atoms with Crippen LogP contribution in [0.25, 0.3) is 10.9 Å². The van der Waals surface area contributed by atoms with Crippen molar-refractivity contribution < 1.29 is 14.0 Å².